The van der Waals surface area contributed by atoms with Crippen molar-refractivity contribution in [3.05, 3.63) is 51.2 Å². The average Bonchev–Trinajstić information content (AvgIpc) is 2.75. The van der Waals surface area contributed by atoms with Gasteiger partial charge in [0.2, 0.25) is 0 Å². The van der Waals surface area contributed by atoms with Gasteiger partial charge in [0.1, 0.15) is 6.10 Å². The van der Waals surface area contributed by atoms with Crippen LogP contribution in [-0.4, -0.2) is 11.4 Å². The van der Waals surface area contributed by atoms with Crippen LogP contribution in [0.3, 0.4) is 0 Å². The first-order valence-corrected chi connectivity index (χ1v) is 7.25. The number of halogens is 1. The van der Waals surface area contributed by atoms with E-state index in [0.717, 1.165) is 10.4 Å². The molecule has 0 aliphatic rings. The first-order chi connectivity index (χ1) is 7.72. The Labute approximate surface area is 108 Å². The summed E-state index contributed by atoms with van der Waals surface area (Å²) in [6.07, 6.45) is 1.41. The van der Waals surface area contributed by atoms with E-state index in [1.807, 2.05) is 35.9 Å². The highest BCUT2D eigenvalue weighted by molar-refractivity contribution is 7.98. The van der Waals surface area contributed by atoms with Crippen LogP contribution in [0.1, 0.15) is 16.5 Å². The van der Waals surface area contributed by atoms with Gasteiger partial charge < -0.3 is 5.11 Å². The first kappa shape index (κ1) is 12.0. The molecule has 1 unspecified atom stereocenters. The molecule has 0 amide bonds. The standard InChI is InChI=1S/C12H11ClOS2/c1-15-9-4-2-8(3-5-9)11(14)12-10(13)6-7-16-12/h2-7,11,14H,1H3. The predicted molar refractivity (Wildman–Crippen MR) is 71.6 cm³/mol. The van der Waals surface area contributed by atoms with E-state index in [-0.39, 0.29) is 0 Å². The fourth-order valence-corrected chi connectivity index (χ4v) is 3.02. The third-order valence-corrected chi connectivity index (χ3v) is 4.48. The largest absolute Gasteiger partial charge is 0.383 e. The fraction of sp³-hybridized carbons (Fsp3) is 0.167. The van der Waals surface area contributed by atoms with Crippen LogP contribution >= 0.6 is 34.7 Å². The molecule has 1 N–H and O–H groups in total. The molecule has 2 aromatic rings. The van der Waals surface area contributed by atoms with Gasteiger partial charge in [-0.05, 0) is 35.4 Å². The zero-order valence-electron chi connectivity index (χ0n) is 8.68. The molecule has 1 nitrogen and oxygen atoms in total. The predicted octanol–water partition coefficient (Wildman–Crippen LogP) is 4.21. The second-order valence-corrected chi connectivity index (χ2v) is 5.54. The minimum Gasteiger partial charge on any atom is -0.383 e. The summed E-state index contributed by atoms with van der Waals surface area (Å²) in [5.74, 6) is 0. The third-order valence-electron chi connectivity index (χ3n) is 2.32. The minimum atomic E-state index is -0.622. The molecule has 0 bridgehead atoms. The molecule has 16 heavy (non-hydrogen) atoms. The lowest BCUT2D eigenvalue weighted by molar-refractivity contribution is 0.224. The Morgan fingerprint density at radius 1 is 1.25 bits per heavy atom. The van der Waals surface area contributed by atoms with E-state index in [1.165, 1.54) is 16.2 Å². The number of thioether (sulfide) groups is 1. The SMILES string of the molecule is CSc1ccc(C(O)c2sccc2Cl)cc1. The summed E-state index contributed by atoms with van der Waals surface area (Å²) in [4.78, 5) is 1.99. The van der Waals surface area contributed by atoms with Crippen molar-refractivity contribution < 1.29 is 5.11 Å². The molecule has 1 aromatic carbocycles. The molecule has 0 radical (unpaired) electrons. The van der Waals surface area contributed by atoms with E-state index in [0.29, 0.717) is 5.02 Å². The molecule has 0 aliphatic heterocycles. The van der Waals surface area contributed by atoms with E-state index in [9.17, 15) is 5.11 Å². The van der Waals surface area contributed by atoms with Gasteiger partial charge in [0.05, 0.1) is 9.90 Å². The molecule has 0 fully saturated rings. The summed E-state index contributed by atoms with van der Waals surface area (Å²) in [5.41, 5.74) is 0.877. The first-order valence-electron chi connectivity index (χ1n) is 4.77. The zero-order chi connectivity index (χ0) is 11.5. The normalized spacial score (nSPS) is 12.7. The van der Waals surface area contributed by atoms with Crippen LogP contribution in [-0.2, 0) is 0 Å². The van der Waals surface area contributed by atoms with Crippen molar-refractivity contribution in [1.29, 1.82) is 0 Å². The van der Waals surface area contributed by atoms with Crippen molar-refractivity contribution in [2.24, 2.45) is 0 Å². The zero-order valence-corrected chi connectivity index (χ0v) is 11.1. The Kier molecular flexibility index (Phi) is 3.92. The third kappa shape index (κ3) is 2.43. The van der Waals surface area contributed by atoms with Crippen molar-refractivity contribution in [1.82, 2.24) is 0 Å². The Hall–Kier alpha value is -0.480. The highest BCUT2D eigenvalue weighted by Gasteiger charge is 2.14. The topological polar surface area (TPSA) is 20.2 Å². The lowest BCUT2D eigenvalue weighted by atomic mass is 10.1. The quantitative estimate of drug-likeness (QED) is 0.844. The van der Waals surface area contributed by atoms with Crippen LogP contribution in [0, 0.1) is 0 Å². The van der Waals surface area contributed by atoms with Crippen molar-refractivity contribution in [3.8, 4) is 0 Å². The average molecular weight is 271 g/mol. The lowest BCUT2D eigenvalue weighted by Crippen LogP contribution is -1.97. The Balaban J connectivity index is 2.27. The van der Waals surface area contributed by atoms with E-state index >= 15 is 0 Å². The molecule has 0 saturated heterocycles. The molecule has 2 rings (SSSR count). The van der Waals surface area contributed by atoms with Crippen LogP contribution in [0.25, 0.3) is 0 Å². The number of hydrogen-bond donors (Lipinski definition) is 1. The summed E-state index contributed by atoms with van der Waals surface area (Å²) >= 11 is 9.15. The maximum absolute atomic E-state index is 10.1. The summed E-state index contributed by atoms with van der Waals surface area (Å²) in [6, 6.07) is 9.69. The number of hydrogen-bond acceptors (Lipinski definition) is 3. The van der Waals surface area contributed by atoms with Gasteiger partial charge in [-0.2, -0.15) is 0 Å². The van der Waals surface area contributed by atoms with Crippen molar-refractivity contribution in [3.63, 3.8) is 0 Å². The molecule has 84 valence electrons. The Morgan fingerprint density at radius 2 is 1.94 bits per heavy atom. The maximum atomic E-state index is 10.1. The van der Waals surface area contributed by atoms with Crippen LogP contribution in [0.4, 0.5) is 0 Å². The van der Waals surface area contributed by atoms with Crippen LogP contribution < -0.4 is 0 Å². The maximum Gasteiger partial charge on any atom is 0.115 e. The van der Waals surface area contributed by atoms with Gasteiger partial charge in [-0.15, -0.1) is 23.1 Å². The van der Waals surface area contributed by atoms with Crippen LogP contribution in [0.2, 0.25) is 5.02 Å². The van der Waals surface area contributed by atoms with Gasteiger partial charge in [0.15, 0.2) is 0 Å². The molecule has 4 heteroatoms. The van der Waals surface area contributed by atoms with Gasteiger partial charge in [-0.3, -0.25) is 0 Å². The number of thiophene rings is 1. The van der Waals surface area contributed by atoms with Gasteiger partial charge in [-0.25, -0.2) is 0 Å². The fourth-order valence-electron chi connectivity index (χ4n) is 1.44. The monoisotopic (exact) mass is 270 g/mol. The van der Waals surface area contributed by atoms with Gasteiger partial charge in [0.25, 0.3) is 0 Å². The number of aliphatic hydroxyl groups is 1. The van der Waals surface area contributed by atoms with Crippen molar-refractivity contribution >= 4 is 34.7 Å². The van der Waals surface area contributed by atoms with Gasteiger partial charge in [-0.1, -0.05) is 23.7 Å². The van der Waals surface area contributed by atoms with Gasteiger partial charge >= 0.3 is 0 Å². The summed E-state index contributed by atoms with van der Waals surface area (Å²) in [7, 11) is 0. The van der Waals surface area contributed by atoms with E-state index in [4.69, 9.17) is 11.6 Å². The molecular weight excluding hydrogens is 260 g/mol. The second-order valence-electron chi connectivity index (χ2n) is 3.31. The van der Waals surface area contributed by atoms with E-state index < -0.39 is 6.10 Å². The van der Waals surface area contributed by atoms with Crippen LogP contribution in [0.15, 0.2) is 40.6 Å². The van der Waals surface area contributed by atoms with Gasteiger partial charge in [0, 0.05) is 4.90 Å². The van der Waals surface area contributed by atoms with E-state index in [2.05, 4.69) is 0 Å². The van der Waals surface area contributed by atoms with Crippen molar-refractivity contribution in [2.45, 2.75) is 11.0 Å². The molecule has 0 saturated carbocycles. The summed E-state index contributed by atoms with van der Waals surface area (Å²) in [5, 5.41) is 12.7. The molecule has 1 heterocycles. The minimum absolute atomic E-state index is 0.622. The molecule has 1 atom stereocenters. The number of benzene rings is 1. The summed E-state index contributed by atoms with van der Waals surface area (Å²) in [6.45, 7) is 0. The smallest absolute Gasteiger partial charge is 0.115 e. The highest BCUT2D eigenvalue weighted by atomic mass is 35.5. The van der Waals surface area contributed by atoms with Crippen molar-refractivity contribution in [2.75, 3.05) is 6.26 Å². The molecular formula is C12H11ClOS2. The molecule has 0 aliphatic carbocycles. The molecule has 0 spiro atoms. The Morgan fingerprint density at radius 3 is 2.44 bits per heavy atom. The molecule has 1 aromatic heterocycles. The Bertz CT molecular complexity index is 464. The van der Waals surface area contributed by atoms with Crippen LogP contribution in [0.5, 0.6) is 0 Å². The second kappa shape index (κ2) is 5.23. The van der Waals surface area contributed by atoms with E-state index in [1.54, 1.807) is 17.8 Å². The highest BCUT2D eigenvalue weighted by Crippen LogP contribution is 2.33. The number of aliphatic hydroxyl groups excluding tert-OH is 1. The summed E-state index contributed by atoms with van der Waals surface area (Å²) < 4.78 is 0. The number of rotatable bonds is 3. The lowest BCUT2D eigenvalue weighted by Gasteiger charge is -2.10.